The van der Waals surface area contributed by atoms with Crippen LogP contribution in [0, 0.1) is 26.6 Å². The monoisotopic (exact) mass is 496 g/mol. The van der Waals surface area contributed by atoms with E-state index in [1.165, 1.54) is 12.1 Å². The average molecular weight is 497 g/mol. The van der Waals surface area contributed by atoms with Gasteiger partial charge in [0.1, 0.15) is 11.6 Å². The minimum absolute atomic E-state index is 0.0596. The molecule has 1 aromatic heterocycles. The summed E-state index contributed by atoms with van der Waals surface area (Å²) >= 11 is 12.5. The van der Waals surface area contributed by atoms with Gasteiger partial charge in [-0.3, -0.25) is 4.57 Å². The van der Waals surface area contributed by atoms with Crippen molar-refractivity contribution < 1.29 is 13.9 Å². The molecule has 34 heavy (non-hydrogen) atoms. The van der Waals surface area contributed by atoms with Gasteiger partial charge in [0.25, 0.3) is 0 Å². The zero-order valence-corrected chi connectivity index (χ0v) is 20.8. The van der Waals surface area contributed by atoms with Crippen molar-refractivity contribution in [2.45, 2.75) is 27.7 Å². The van der Waals surface area contributed by atoms with Crippen molar-refractivity contribution in [2.75, 3.05) is 6.61 Å². The Hall–Kier alpha value is -3.15. The Morgan fingerprint density at radius 1 is 0.941 bits per heavy atom. The molecule has 0 saturated carbocycles. The molecule has 0 radical (unpaired) electrons. The van der Waals surface area contributed by atoms with Crippen LogP contribution in [0.1, 0.15) is 34.1 Å². The lowest BCUT2D eigenvalue weighted by atomic mass is 10.1. The fraction of sp³-hybridized carbons (Fsp3) is 0.185. The zero-order chi connectivity index (χ0) is 24.6. The van der Waals surface area contributed by atoms with E-state index in [1.807, 2.05) is 55.7 Å². The molecule has 0 fully saturated rings. The Labute approximate surface area is 207 Å². The number of ether oxygens (including phenoxy) is 1. The molecule has 3 aromatic carbocycles. The van der Waals surface area contributed by atoms with E-state index in [1.54, 1.807) is 19.1 Å². The van der Waals surface area contributed by atoms with Crippen LogP contribution < -0.4 is 0 Å². The van der Waals surface area contributed by atoms with Gasteiger partial charge >= 0.3 is 5.97 Å². The Morgan fingerprint density at radius 2 is 1.65 bits per heavy atom. The normalized spacial score (nSPS) is 11.0. The number of hydrogen-bond donors (Lipinski definition) is 0. The highest BCUT2D eigenvalue weighted by atomic mass is 35.5. The number of halogens is 3. The summed E-state index contributed by atoms with van der Waals surface area (Å²) in [6.07, 6.45) is 0. The molecule has 0 unspecified atom stereocenters. The lowest BCUT2D eigenvalue weighted by Crippen LogP contribution is -2.08. The molecule has 4 nitrogen and oxygen atoms in total. The smallest absolute Gasteiger partial charge is 0.359 e. The Bertz CT molecular complexity index is 1410. The third-order valence-electron chi connectivity index (χ3n) is 5.72. The van der Waals surface area contributed by atoms with Gasteiger partial charge in [-0.2, -0.15) is 0 Å². The second-order valence-corrected chi connectivity index (χ2v) is 8.89. The number of aromatic nitrogens is 2. The van der Waals surface area contributed by atoms with Gasteiger partial charge in [0, 0.05) is 16.1 Å². The SMILES string of the molecule is CCOC(=O)c1nc(-c2ccc(C)c(C)c2)n(-c2cc(Cl)ccc2C)c1-c1ccc(F)c(Cl)c1. The van der Waals surface area contributed by atoms with E-state index in [0.29, 0.717) is 22.1 Å². The molecular formula is C27H23Cl2FN2O2. The highest BCUT2D eigenvalue weighted by Crippen LogP contribution is 2.37. The molecule has 0 aliphatic carbocycles. The van der Waals surface area contributed by atoms with Crippen molar-refractivity contribution in [1.82, 2.24) is 9.55 Å². The average Bonchev–Trinajstić information content (AvgIpc) is 3.20. The van der Waals surface area contributed by atoms with Gasteiger partial charge in [0.05, 0.1) is 23.0 Å². The summed E-state index contributed by atoms with van der Waals surface area (Å²) in [5.41, 5.74) is 5.76. The van der Waals surface area contributed by atoms with Crippen LogP contribution in [0.4, 0.5) is 4.39 Å². The summed E-state index contributed by atoms with van der Waals surface area (Å²) in [6, 6.07) is 15.8. The number of rotatable bonds is 5. The molecule has 0 bridgehead atoms. The first-order valence-electron chi connectivity index (χ1n) is 10.8. The quantitative estimate of drug-likeness (QED) is 0.265. The second kappa shape index (κ2) is 9.61. The van der Waals surface area contributed by atoms with E-state index < -0.39 is 11.8 Å². The van der Waals surface area contributed by atoms with Crippen LogP contribution in [0.3, 0.4) is 0 Å². The van der Waals surface area contributed by atoms with E-state index >= 15 is 0 Å². The molecule has 7 heteroatoms. The maximum Gasteiger partial charge on any atom is 0.359 e. The van der Waals surface area contributed by atoms with E-state index in [2.05, 4.69) is 0 Å². The lowest BCUT2D eigenvalue weighted by molar-refractivity contribution is 0.0521. The summed E-state index contributed by atoms with van der Waals surface area (Å²) in [5.74, 6) is -0.601. The Balaban J connectivity index is 2.15. The maximum absolute atomic E-state index is 14.0. The third kappa shape index (κ3) is 4.46. The molecule has 0 N–H and O–H groups in total. The number of carbonyl (C=O) groups is 1. The van der Waals surface area contributed by atoms with Crippen molar-refractivity contribution in [2.24, 2.45) is 0 Å². The van der Waals surface area contributed by atoms with Crippen molar-refractivity contribution >= 4 is 29.2 Å². The second-order valence-electron chi connectivity index (χ2n) is 8.05. The van der Waals surface area contributed by atoms with Crippen LogP contribution in [-0.2, 0) is 4.74 Å². The predicted octanol–water partition coefficient (Wildman–Crippen LogP) is 7.75. The largest absolute Gasteiger partial charge is 0.461 e. The number of aryl methyl sites for hydroxylation is 3. The fourth-order valence-corrected chi connectivity index (χ4v) is 4.15. The molecule has 4 aromatic rings. The first-order chi connectivity index (χ1) is 16.2. The summed E-state index contributed by atoms with van der Waals surface area (Å²) in [4.78, 5) is 17.8. The van der Waals surface area contributed by atoms with Gasteiger partial charge in [0.15, 0.2) is 5.69 Å². The minimum Gasteiger partial charge on any atom is -0.461 e. The molecule has 0 aliphatic heterocycles. The van der Waals surface area contributed by atoms with Gasteiger partial charge in [-0.25, -0.2) is 14.2 Å². The van der Waals surface area contributed by atoms with E-state index in [4.69, 9.17) is 32.9 Å². The Morgan fingerprint density at radius 3 is 2.32 bits per heavy atom. The summed E-state index contributed by atoms with van der Waals surface area (Å²) in [7, 11) is 0. The number of nitrogens with zero attached hydrogens (tertiary/aromatic N) is 2. The standard InChI is InChI=1S/C27H23Cl2FN2O2/c1-5-34-27(33)24-25(18-9-11-22(30)21(29)13-18)32(23-14-20(28)10-7-16(23)3)26(31-24)19-8-6-15(2)17(4)12-19/h6-14H,5H2,1-4H3. The number of hydrogen-bond acceptors (Lipinski definition) is 3. The van der Waals surface area contributed by atoms with E-state index in [-0.39, 0.29) is 17.3 Å². The molecule has 0 spiro atoms. The third-order valence-corrected chi connectivity index (χ3v) is 6.24. The van der Waals surface area contributed by atoms with Crippen molar-refractivity contribution in [3.05, 3.63) is 92.8 Å². The van der Waals surface area contributed by atoms with Crippen LogP contribution in [0.2, 0.25) is 10.0 Å². The molecule has 0 saturated heterocycles. The van der Waals surface area contributed by atoms with Gasteiger partial charge < -0.3 is 4.74 Å². The minimum atomic E-state index is -0.582. The molecule has 4 rings (SSSR count). The van der Waals surface area contributed by atoms with Crippen molar-refractivity contribution in [1.29, 1.82) is 0 Å². The topological polar surface area (TPSA) is 44.1 Å². The highest BCUT2D eigenvalue weighted by molar-refractivity contribution is 6.31. The van der Waals surface area contributed by atoms with Gasteiger partial charge in [-0.1, -0.05) is 41.4 Å². The van der Waals surface area contributed by atoms with Crippen LogP contribution in [0.25, 0.3) is 28.3 Å². The maximum atomic E-state index is 14.0. The summed E-state index contributed by atoms with van der Waals surface area (Å²) in [5, 5.41) is 0.469. The molecule has 1 heterocycles. The van der Waals surface area contributed by atoms with Crippen LogP contribution in [-0.4, -0.2) is 22.1 Å². The predicted molar refractivity (Wildman–Crippen MR) is 135 cm³/mol. The molecule has 0 atom stereocenters. The van der Waals surface area contributed by atoms with Crippen LogP contribution in [0.5, 0.6) is 0 Å². The van der Waals surface area contributed by atoms with E-state index in [0.717, 1.165) is 27.9 Å². The Kier molecular flexibility index (Phi) is 6.78. The summed E-state index contributed by atoms with van der Waals surface area (Å²) in [6.45, 7) is 7.91. The molecule has 0 amide bonds. The van der Waals surface area contributed by atoms with Crippen LogP contribution >= 0.6 is 23.2 Å². The van der Waals surface area contributed by atoms with Gasteiger partial charge in [0.2, 0.25) is 0 Å². The van der Waals surface area contributed by atoms with Crippen molar-refractivity contribution in [3.8, 4) is 28.3 Å². The molecular weight excluding hydrogens is 474 g/mol. The number of carbonyl (C=O) groups excluding carboxylic acids is 1. The zero-order valence-electron chi connectivity index (χ0n) is 19.2. The fourth-order valence-electron chi connectivity index (χ4n) is 3.80. The number of imidazole rings is 1. The number of esters is 1. The molecule has 174 valence electrons. The summed E-state index contributed by atoms with van der Waals surface area (Å²) < 4.78 is 21.2. The first-order valence-corrected chi connectivity index (χ1v) is 11.6. The number of benzene rings is 3. The first kappa shape index (κ1) is 24.0. The van der Waals surface area contributed by atoms with Crippen LogP contribution in [0.15, 0.2) is 54.6 Å². The van der Waals surface area contributed by atoms with E-state index in [9.17, 15) is 9.18 Å². The van der Waals surface area contributed by atoms with Crippen molar-refractivity contribution in [3.63, 3.8) is 0 Å². The highest BCUT2D eigenvalue weighted by Gasteiger charge is 2.27. The van der Waals surface area contributed by atoms with Gasteiger partial charge in [-0.15, -0.1) is 0 Å². The van der Waals surface area contributed by atoms with Gasteiger partial charge in [-0.05, 0) is 80.8 Å². The molecule has 0 aliphatic rings. The lowest BCUT2D eigenvalue weighted by Gasteiger charge is -2.16.